The number of nitrogens with two attached hydrogens (primary N) is 1. The first-order valence-corrected chi connectivity index (χ1v) is 6.08. The van der Waals surface area contributed by atoms with Crippen LogP contribution in [0.2, 0.25) is 0 Å². The molecule has 2 aromatic heterocycles. The monoisotopic (exact) mass is 244 g/mol. The fraction of sp³-hybridized carbons (Fsp3) is 0.385. The van der Waals surface area contributed by atoms with Gasteiger partial charge in [-0.15, -0.1) is 0 Å². The minimum atomic E-state index is 0.249. The summed E-state index contributed by atoms with van der Waals surface area (Å²) in [7, 11) is 1.62. The molecule has 3 rings (SSSR count). The summed E-state index contributed by atoms with van der Waals surface area (Å²) in [5.74, 6) is 0.611. The van der Waals surface area contributed by atoms with Crippen molar-refractivity contribution in [3.05, 3.63) is 24.4 Å². The lowest BCUT2D eigenvalue weighted by atomic mass is 10.2. The summed E-state index contributed by atoms with van der Waals surface area (Å²) in [5.41, 5.74) is 8.81. The summed E-state index contributed by atoms with van der Waals surface area (Å²) in [5, 5.41) is 0. The molecule has 3 heterocycles. The van der Waals surface area contributed by atoms with Crippen LogP contribution in [0.3, 0.4) is 0 Å². The Balaban J connectivity index is 2.10. The number of hydrogen-bond acceptors (Lipinski definition) is 5. The van der Waals surface area contributed by atoms with Crippen LogP contribution in [0.1, 0.15) is 6.42 Å². The maximum absolute atomic E-state index is 5.96. The van der Waals surface area contributed by atoms with Crippen molar-refractivity contribution in [2.45, 2.75) is 12.5 Å². The summed E-state index contributed by atoms with van der Waals surface area (Å²) < 4.78 is 5.18. The maximum atomic E-state index is 5.96. The van der Waals surface area contributed by atoms with E-state index in [-0.39, 0.29) is 6.04 Å². The fourth-order valence-electron chi connectivity index (χ4n) is 2.37. The van der Waals surface area contributed by atoms with E-state index in [1.807, 2.05) is 24.4 Å². The van der Waals surface area contributed by atoms with E-state index in [1.165, 1.54) is 0 Å². The number of methoxy groups -OCH3 is 1. The first kappa shape index (κ1) is 11.2. The van der Waals surface area contributed by atoms with Crippen molar-refractivity contribution >= 4 is 16.7 Å². The van der Waals surface area contributed by atoms with E-state index in [0.717, 1.165) is 36.2 Å². The highest BCUT2D eigenvalue weighted by Gasteiger charge is 2.21. The number of nitrogens with zero attached hydrogens (tertiary/aromatic N) is 3. The summed E-state index contributed by atoms with van der Waals surface area (Å²) in [6, 6.07) is 6.00. The van der Waals surface area contributed by atoms with Crippen LogP contribution in [0.15, 0.2) is 24.4 Å². The molecule has 94 valence electrons. The van der Waals surface area contributed by atoms with Gasteiger partial charge in [-0.3, -0.25) is 4.98 Å². The van der Waals surface area contributed by atoms with Gasteiger partial charge in [0, 0.05) is 31.4 Å². The molecule has 0 saturated carbocycles. The lowest BCUT2D eigenvalue weighted by Gasteiger charge is -2.19. The molecule has 0 aromatic carbocycles. The van der Waals surface area contributed by atoms with Crippen molar-refractivity contribution in [3.8, 4) is 5.88 Å². The zero-order valence-electron chi connectivity index (χ0n) is 10.3. The van der Waals surface area contributed by atoms with Gasteiger partial charge in [-0.1, -0.05) is 0 Å². The summed E-state index contributed by atoms with van der Waals surface area (Å²) >= 11 is 0. The lowest BCUT2D eigenvalue weighted by Crippen LogP contribution is -2.26. The van der Waals surface area contributed by atoms with E-state index in [0.29, 0.717) is 5.88 Å². The Morgan fingerprint density at radius 3 is 3.00 bits per heavy atom. The van der Waals surface area contributed by atoms with Gasteiger partial charge in [0.25, 0.3) is 0 Å². The Morgan fingerprint density at radius 2 is 2.28 bits per heavy atom. The average Bonchev–Trinajstić information content (AvgIpc) is 2.84. The SMILES string of the molecule is COc1ccc2nccc(N3CC[C@H](N)C3)c2n1. The largest absolute Gasteiger partial charge is 0.481 e. The lowest BCUT2D eigenvalue weighted by molar-refractivity contribution is 0.399. The summed E-state index contributed by atoms with van der Waals surface area (Å²) in [4.78, 5) is 11.1. The van der Waals surface area contributed by atoms with Crippen LogP contribution in [0.5, 0.6) is 5.88 Å². The maximum Gasteiger partial charge on any atom is 0.213 e. The zero-order valence-corrected chi connectivity index (χ0v) is 10.3. The molecule has 0 aliphatic carbocycles. The quantitative estimate of drug-likeness (QED) is 0.859. The molecule has 1 fully saturated rings. The molecule has 0 spiro atoms. The Bertz CT molecular complexity index is 572. The molecule has 5 heteroatoms. The van der Waals surface area contributed by atoms with Gasteiger partial charge >= 0.3 is 0 Å². The topological polar surface area (TPSA) is 64.3 Å². The van der Waals surface area contributed by atoms with E-state index in [1.54, 1.807) is 7.11 Å². The zero-order chi connectivity index (χ0) is 12.5. The molecule has 2 N–H and O–H groups in total. The molecule has 1 aliphatic heterocycles. The van der Waals surface area contributed by atoms with Crippen LogP contribution in [-0.2, 0) is 0 Å². The second-order valence-electron chi connectivity index (χ2n) is 4.55. The smallest absolute Gasteiger partial charge is 0.213 e. The first-order chi connectivity index (χ1) is 8.78. The van der Waals surface area contributed by atoms with Crippen LogP contribution in [0.25, 0.3) is 11.0 Å². The van der Waals surface area contributed by atoms with E-state index in [2.05, 4.69) is 14.9 Å². The predicted octanol–water partition coefficient (Wildman–Crippen LogP) is 1.18. The minimum absolute atomic E-state index is 0.249. The normalized spacial score (nSPS) is 19.4. The van der Waals surface area contributed by atoms with E-state index < -0.39 is 0 Å². The predicted molar refractivity (Wildman–Crippen MR) is 70.9 cm³/mol. The second-order valence-corrected chi connectivity index (χ2v) is 4.55. The van der Waals surface area contributed by atoms with Gasteiger partial charge < -0.3 is 15.4 Å². The van der Waals surface area contributed by atoms with Crippen LogP contribution in [0.4, 0.5) is 5.69 Å². The molecule has 0 amide bonds. The van der Waals surface area contributed by atoms with Gasteiger partial charge in [0.15, 0.2) is 0 Å². The highest BCUT2D eigenvalue weighted by atomic mass is 16.5. The number of anilines is 1. The van der Waals surface area contributed by atoms with Gasteiger partial charge in [-0.25, -0.2) is 4.98 Å². The molecule has 2 aromatic rings. The average molecular weight is 244 g/mol. The Kier molecular flexibility index (Phi) is 2.76. The Hall–Kier alpha value is -1.88. The minimum Gasteiger partial charge on any atom is -0.481 e. The molecule has 0 unspecified atom stereocenters. The molecule has 1 atom stereocenters. The number of aromatic nitrogens is 2. The van der Waals surface area contributed by atoms with Gasteiger partial charge in [0.2, 0.25) is 5.88 Å². The number of hydrogen-bond donors (Lipinski definition) is 1. The van der Waals surface area contributed by atoms with Crippen LogP contribution < -0.4 is 15.4 Å². The molecule has 0 radical (unpaired) electrons. The van der Waals surface area contributed by atoms with Crippen molar-refractivity contribution < 1.29 is 4.74 Å². The van der Waals surface area contributed by atoms with Crippen molar-refractivity contribution in [3.63, 3.8) is 0 Å². The van der Waals surface area contributed by atoms with Crippen molar-refractivity contribution in [2.75, 3.05) is 25.1 Å². The summed E-state index contributed by atoms with van der Waals surface area (Å²) in [6.07, 6.45) is 2.84. The van der Waals surface area contributed by atoms with Gasteiger partial charge in [-0.05, 0) is 18.6 Å². The number of pyridine rings is 2. The Labute approximate surface area is 106 Å². The van der Waals surface area contributed by atoms with Crippen molar-refractivity contribution in [2.24, 2.45) is 5.73 Å². The molecule has 1 aliphatic rings. The number of ether oxygens (including phenoxy) is 1. The molecule has 1 saturated heterocycles. The van der Waals surface area contributed by atoms with Crippen molar-refractivity contribution in [1.82, 2.24) is 9.97 Å². The third-order valence-corrected chi connectivity index (χ3v) is 3.31. The van der Waals surface area contributed by atoms with Crippen molar-refractivity contribution in [1.29, 1.82) is 0 Å². The second kappa shape index (κ2) is 4.42. The summed E-state index contributed by atoms with van der Waals surface area (Å²) in [6.45, 7) is 1.84. The highest BCUT2D eigenvalue weighted by molar-refractivity contribution is 5.88. The number of fused-ring (bicyclic) bond motifs is 1. The molecule has 5 nitrogen and oxygen atoms in total. The van der Waals surface area contributed by atoms with Gasteiger partial charge in [-0.2, -0.15) is 0 Å². The molecular weight excluding hydrogens is 228 g/mol. The van der Waals surface area contributed by atoms with E-state index in [4.69, 9.17) is 10.5 Å². The number of rotatable bonds is 2. The Morgan fingerprint density at radius 1 is 1.39 bits per heavy atom. The third kappa shape index (κ3) is 1.86. The fourth-order valence-corrected chi connectivity index (χ4v) is 2.37. The standard InChI is InChI=1S/C13H16N4O/c1-18-12-3-2-10-13(16-12)11(4-6-15-10)17-7-5-9(14)8-17/h2-4,6,9H,5,7-8,14H2,1H3/t9-/m0/s1. The van der Waals surface area contributed by atoms with Crippen LogP contribution in [0, 0.1) is 0 Å². The highest BCUT2D eigenvalue weighted by Crippen LogP contribution is 2.27. The van der Waals surface area contributed by atoms with E-state index in [9.17, 15) is 0 Å². The van der Waals surface area contributed by atoms with Crippen LogP contribution >= 0.6 is 0 Å². The molecule has 18 heavy (non-hydrogen) atoms. The first-order valence-electron chi connectivity index (χ1n) is 6.08. The third-order valence-electron chi connectivity index (χ3n) is 3.31. The molecular formula is C13H16N4O. The van der Waals surface area contributed by atoms with Gasteiger partial charge in [0.05, 0.1) is 18.3 Å². The van der Waals surface area contributed by atoms with Gasteiger partial charge in [0.1, 0.15) is 5.52 Å². The van der Waals surface area contributed by atoms with Crippen LogP contribution in [-0.4, -0.2) is 36.2 Å². The van der Waals surface area contributed by atoms with E-state index >= 15 is 0 Å². The molecule has 0 bridgehead atoms.